The lowest BCUT2D eigenvalue weighted by Gasteiger charge is -2.35. The summed E-state index contributed by atoms with van der Waals surface area (Å²) in [7, 11) is 0. The molecule has 2 atom stereocenters. The van der Waals surface area contributed by atoms with Crippen LogP contribution in [0.15, 0.2) is 0 Å². The van der Waals surface area contributed by atoms with Crippen molar-refractivity contribution in [2.45, 2.75) is 59.9 Å². The minimum atomic E-state index is 0.690. The minimum Gasteiger partial charge on any atom is -0.314 e. The van der Waals surface area contributed by atoms with Crippen LogP contribution in [0.2, 0.25) is 0 Å². The van der Waals surface area contributed by atoms with Crippen LogP contribution in [0.4, 0.5) is 0 Å². The molecule has 1 N–H and O–H groups in total. The monoisotopic (exact) mass is 254 g/mol. The molecule has 0 saturated carbocycles. The van der Waals surface area contributed by atoms with Gasteiger partial charge in [-0.05, 0) is 70.1 Å². The van der Waals surface area contributed by atoms with Crippen molar-refractivity contribution in [2.75, 3.05) is 26.2 Å². The minimum absolute atomic E-state index is 0.690. The third-order valence-corrected chi connectivity index (χ3v) is 4.78. The van der Waals surface area contributed by atoms with Gasteiger partial charge in [0.1, 0.15) is 0 Å². The smallest absolute Gasteiger partial charge is 0.00680 e. The van der Waals surface area contributed by atoms with E-state index >= 15 is 0 Å². The van der Waals surface area contributed by atoms with Gasteiger partial charge in [0.25, 0.3) is 0 Å². The third-order valence-electron chi connectivity index (χ3n) is 4.78. The molecule has 108 valence electrons. The summed E-state index contributed by atoms with van der Waals surface area (Å²) in [6.07, 6.45) is 4.05. The van der Waals surface area contributed by atoms with Crippen LogP contribution < -0.4 is 5.32 Å². The van der Waals surface area contributed by atoms with Gasteiger partial charge in [0.2, 0.25) is 0 Å². The fourth-order valence-electron chi connectivity index (χ4n) is 2.77. The van der Waals surface area contributed by atoms with Crippen LogP contribution in [0.25, 0.3) is 0 Å². The highest BCUT2D eigenvalue weighted by atomic mass is 15.1. The van der Waals surface area contributed by atoms with Crippen molar-refractivity contribution in [3.05, 3.63) is 0 Å². The maximum Gasteiger partial charge on any atom is 0.00680 e. The molecular formula is C16H34N2. The van der Waals surface area contributed by atoms with Crippen LogP contribution in [0, 0.1) is 17.8 Å². The van der Waals surface area contributed by atoms with E-state index in [0.29, 0.717) is 6.04 Å². The topological polar surface area (TPSA) is 15.3 Å². The van der Waals surface area contributed by atoms with E-state index in [2.05, 4.69) is 44.8 Å². The van der Waals surface area contributed by atoms with E-state index < -0.39 is 0 Å². The molecule has 0 aromatic rings. The first kappa shape index (κ1) is 16.0. The number of nitrogens with zero attached hydrogens (tertiary/aromatic N) is 1. The first-order valence-electron chi connectivity index (χ1n) is 8.00. The van der Waals surface area contributed by atoms with E-state index in [1.54, 1.807) is 0 Å². The van der Waals surface area contributed by atoms with Crippen molar-refractivity contribution in [2.24, 2.45) is 17.8 Å². The molecule has 0 amide bonds. The van der Waals surface area contributed by atoms with Gasteiger partial charge in [-0.1, -0.05) is 27.7 Å². The average molecular weight is 254 g/mol. The standard InChI is InChI=1S/C16H34N2/c1-6-9-18-10-7-16(8-11-18)15(5)17-12-14(4)13(2)3/h13-17H,6-12H2,1-5H3. The molecule has 0 spiro atoms. The van der Waals surface area contributed by atoms with Crippen molar-refractivity contribution in [3.63, 3.8) is 0 Å². The van der Waals surface area contributed by atoms with Crippen LogP contribution in [0.1, 0.15) is 53.9 Å². The Balaban J connectivity index is 2.21. The second-order valence-corrected chi connectivity index (χ2v) is 6.60. The highest BCUT2D eigenvalue weighted by molar-refractivity contribution is 4.80. The van der Waals surface area contributed by atoms with Crippen LogP contribution in [0.5, 0.6) is 0 Å². The van der Waals surface area contributed by atoms with E-state index in [0.717, 1.165) is 17.8 Å². The zero-order chi connectivity index (χ0) is 13.5. The van der Waals surface area contributed by atoms with Gasteiger partial charge >= 0.3 is 0 Å². The van der Waals surface area contributed by atoms with Crippen LogP contribution in [0.3, 0.4) is 0 Å². The van der Waals surface area contributed by atoms with Gasteiger partial charge in [0.15, 0.2) is 0 Å². The third kappa shape index (κ3) is 5.27. The molecule has 1 heterocycles. The Kier molecular flexibility index (Phi) is 7.25. The summed E-state index contributed by atoms with van der Waals surface area (Å²) >= 11 is 0. The van der Waals surface area contributed by atoms with Gasteiger partial charge in [-0.25, -0.2) is 0 Å². The maximum atomic E-state index is 3.76. The van der Waals surface area contributed by atoms with Gasteiger partial charge in [0.05, 0.1) is 0 Å². The van der Waals surface area contributed by atoms with Crippen molar-refractivity contribution < 1.29 is 0 Å². The molecule has 2 nitrogen and oxygen atoms in total. The Morgan fingerprint density at radius 2 is 1.72 bits per heavy atom. The molecule has 1 rings (SSSR count). The summed E-state index contributed by atoms with van der Waals surface area (Å²) in [5.74, 6) is 2.46. The number of likely N-dealkylation sites (tertiary alicyclic amines) is 1. The molecule has 1 aliphatic rings. The normalized spacial score (nSPS) is 22.3. The predicted molar refractivity (Wildman–Crippen MR) is 80.9 cm³/mol. The van der Waals surface area contributed by atoms with E-state index in [-0.39, 0.29) is 0 Å². The van der Waals surface area contributed by atoms with E-state index in [1.165, 1.54) is 45.4 Å². The summed E-state index contributed by atoms with van der Waals surface area (Å²) in [5, 5.41) is 3.76. The largest absolute Gasteiger partial charge is 0.314 e. The molecule has 0 aliphatic carbocycles. The quantitative estimate of drug-likeness (QED) is 0.749. The number of rotatable bonds is 7. The molecule has 1 fully saturated rings. The van der Waals surface area contributed by atoms with Gasteiger partial charge in [0, 0.05) is 6.04 Å². The fourth-order valence-corrected chi connectivity index (χ4v) is 2.77. The summed E-state index contributed by atoms with van der Waals surface area (Å²) < 4.78 is 0. The lowest BCUT2D eigenvalue weighted by atomic mass is 9.89. The van der Waals surface area contributed by atoms with E-state index in [4.69, 9.17) is 0 Å². The average Bonchev–Trinajstić information content (AvgIpc) is 2.36. The molecular weight excluding hydrogens is 220 g/mol. The van der Waals surface area contributed by atoms with Gasteiger partial charge in [-0.3, -0.25) is 0 Å². The molecule has 0 aromatic heterocycles. The molecule has 0 bridgehead atoms. The van der Waals surface area contributed by atoms with Crippen molar-refractivity contribution in [1.82, 2.24) is 10.2 Å². The number of hydrogen-bond acceptors (Lipinski definition) is 2. The zero-order valence-corrected chi connectivity index (χ0v) is 13.2. The van der Waals surface area contributed by atoms with Crippen LogP contribution in [-0.2, 0) is 0 Å². The second kappa shape index (κ2) is 8.16. The number of piperidine rings is 1. The lowest BCUT2D eigenvalue weighted by molar-refractivity contribution is 0.160. The van der Waals surface area contributed by atoms with E-state index in [9.17, 15) is 0 Å². The summed E-state index contributed by atoms with van der Waals surface area (Å²) in [6, 6.07) is 0.690. The fraction of sp³-hybridized carbons (Fsp3) is 1.00. The van der Waals surface area contributed by atoms with Gasteiger partial charge in [-0.15, -0.1) is 0 Å². The van der Waals surface area contributed by atoms with Gasteiger partial charge in [-0.2, -0.15) is 0 Å². The SMILES string of the molecule is CCCN1CCC(C(C)NCC(C)C(C)C)CC1. The molecule has 2 unspecified atom stereocenters. The highest BCUT2D eigenvalue weighted by Gasteiger charge is 2.23. The highest BCUT2D eigenvalue weighted by Crippen LogP contribution is 2.21. The molecule has 18 heavy (non-hydrogen) atoms. The number of nitrogens with one attached hydrogen (secondary N) is 1. The van der Waals surface area contributed by atoms with Crippen molar-refractivity contribution in [3.8, 4) is 0 Å². The Labute approximate surface area is 115 Å². The first-order chi connectivity index (χ1) is 8.54. The molecule has 2 heteroatoms. The summed E-state index contributed by atoms with van der Waals surface area (Å²) in [5.41, 5.74) is 0. The number of hydrogen-bond donors (Lipinski definition) is 1. The Bertz CT molecular complexity index is 207. The van der Waals surface area contributed by atoms with Crippen molar-refractivity contribution >= 4 is 0 Å². The summed E-state index contributed by atoms with van der Waals surface area (Å²) in [6.45, 7) is 16.7. The zero-order valence-electron chi connectivity index (χ0n) is 13.2. The van der Waals surface area contributed by atoms with Crippen molar-refractivity contribution in [1.29, 1.82) is 0 Å². The van der Waals surface area contributed by atoms with Crippen LogP contribution in [-0.4, -0.2) is 37.1 Å². The Hall–Kier alpha value is -0.0800. The predicted octanol–water partition coefficient (Wildman–Crippen LogP) is 3.38. The van der Waals surface area contributed by atoms with Gasteiger partial charge < -0.3 is 10.2 Å². The molecule has 0 aromatic carbocycles. The molecule has 0 radical (unpaired) electrons. The first-order valence-corrected chi connectivity index (χ1v) is 8.00. The van der Waals surface area contributed by atoms with E-state index in [1.807, 2.05) is 0 Å². The second-order valence-electron chi connectivity index (χ2n) is 6.60. The maximum absolute atomic E-state index is 3.76. The van der Waals surface area contributed by atoms with Crippen LogP contribution >= 0.6 is 0 Å². The Morgan fingerprint density at radius 1 is 1.11 bits per heavy atom. The lowest BCUT2D eigenvalue weighted by Crippen LogP contribution is -2.43. The molecule has 1 saturated heterocycles. The Morgan fingerprint density at radius 3 is 2.22 bits per heavy atom. The summed E-state index contributed by atoms with van der Waals surface area (Å²) in [4.78, 5) is 2.62. The molecule has 1 aliphatic heterocycles.